The Morgan fingerprint density at radius 1 is 0.846 bits per heavy atom. The highest BCUT2D eigenvalue weighted by Gasteiger charge is 1.93. The van der Waals surface area contributed by atoms with E-state index in [-0.39, 0.29) is 0 Å². The van der Waals surface area contributed by atoms with Crippen molar-refractivity contribution in [2.24, 2.45) is 0 Å². The molecule has 2 heteroatoms. The molecule has 1 aromatic carbocycles. The van der Waals surface area contributed by atoms with Crippen LogP contribution < -0.4 is 5.32 Å². The fourth-order valence-electron chi connectivity index (χ4n) is 1.07. The smallest absolute Gasteiger partial charge is 0.0820 e. The second-order valence-corrected chi connectivity index (χ2v) is 2.66. The van der Waals surface area contributed by atoms with Crippen molar-refractivity contribution in [3.8, 4) is 0 Å². The van der Waals surface area contributed by atoms with Gasteiger partial charge in [-0.1, -0.05) is 18.2 Å². The summed E-state index contributed by atoms with van der Waals surface area (Å²) < 4.78 is 0. The molecule has 0 aliphatic heterocycles. The molecule has 2 aromatic rings. The highest BCUT2D eigenvalue weighted by Crippen LogP contribution is 2.13. The summed E-state index contributed by atoms with van der Waals surface area (Å²) in [6.45, 7) is 0. The summed E-state index contributed by atoms with van der Waals surface area (Å²) in [6.07, 6.45) is 3.48. The monoisotopic (exact) mass is 169 g/mol. The zero-order valence-corrected chi connectivity index (χ0v) is 7.09. The van der Waals surface area contributed by atoms with E-state index >= 15 is 0 Å². The minimum absolute atomic E-state index is 0.883. The first-order valence-electron chi connectivity index (χ1n) is 4.12. The lowest BCUT2D eigenvalue weighted by Crippen LogP contribution is -1.87. The number of para-hydroxylation sites is 1. The Morgan fingerprint density at radius 2 is 1.62 bits per heavy atom. The summed E-state index contributed by atoms with van der Waals surface area (Å²) in [7, 11) is 0. The zero-order chi connectivity index (χ0) is 8.93. The van der Waals surface area contributed by atoms with Gasteiger partial charge in [0.1, 0.15) is 0 Å². The number of pyridine rings is 1. The van der Waals surface area contributed by atoms with Crippen LogP contribution in [0.2, 0.25) is 0 Å². The van der Waals surface area contributed by atoms with Gasteiger partial charge in [0.05, 0.1) is 17.6 Å². The second-order valence-electron chi connectivity index (χ2n) is 2.66. The molecule has 2 rings (SSSR count). The Morgan fingerprint density at radius 3 is 2.31 bits per heavy atom. The van der Waals surface area contributed by atoms with Crippen LogP contribution in [0.5, 0.6) is 0 Å². The van der Waals surface area contributed by atoms with Crippen molar-refractivity contribution in [3.05, 3.63) is 54.9 Å². The van der Waals surface area contributed by atoms with Crippen molar-refractivity contribution in [1.82, 2.24) is 10.3 Å². The van der Waals surface area contributed by atoms with E-state index in [1.165, 1.54) is 0 Å². The summed E-state index contributed by atoms with van der Waals surface area (Å²) in [5, 5.41) is 4.38. The first-order valence-corrected chi connectivity index (χ1v) is 4.12. The van der Waals surface area contributed by atoms with Crippen LogP contribution >= 0.6 is 0 Å². The van der Waals surface area contributed by atoms with Crippen molar-refractivity contribution in [3.63, 3.8) is 0 Å². The van der Waals surface area contributed by atoms with Gasteiger partial charge in [0, 0.05) is 6.20 Å². The molecule has 1 radical (unpaired) electrons. The third kappa shape index (κ3) is 2.06. The quantitative estimate of drug-likeness (QED) is 0.678. The van der Waals surface area contributed by atoms with Gasteiger partial charge in [0.25, 0.3) is 0 Å². The Balaban J connectivity index is 2.16. The first-order chi connectivity index (χ1) is 6.45. The summed E-state index contributed by atoms with van der Waals surface area (Å²) >= 11 is 0. The van der Waals surface area contributed by atoms with E-state index in [0.29, 0.717) is 0 Å². The third-order valence-electron chi connectivity index (χ3n) is 1.66. The maximum Gasteiger partial charge on any atom is 0.0820 e. The molecule has 0 bridgehead atoms. The molecule has 0 saturated carbocycles. The number of nitrogens with zero attached hydrogens (tertiary/aromatic N) is 2. The number of hydrogen-bond donors (Lipinski definition) is 0. The molecule has 0 atom stereocenters. The zero-order valence-electron chi connectivity index (χ0n) is 7.09. The van der Waals surface area contributed by atoms with E-state index in [4.69, 9.17) is 0 Å². The topological polar surface area (TPSA) is 27.0 Å². The normalized spacial score (nSPS) is 9.54. The van der Waals surface area contributed by atoms with Gasteiger partial charge in [-0.25, -0.2) is 5.32 Å². The molecule has 0 saturated heterocycles. The summed E-state index contributed by atoms with van der Waals surface area (Å²) in [6, 6.07) is 13.6. The molecule has 0 aliphatic carbocycles. The lowest BCUT2D eigenvalue weighted by atomic mass is 10.3. The third-order valence-corrected chi connectivity index (χ3v) is 1.66. The maximum absolute atomic E-state index is 4.38. The molecular weight excluding hydrogens is 160 g/mol. The molecule has 0 unspecified atom stereocenters. The van der Waals surface area contributed by atoms with Crippen LogP contribution in [0.15, 0.2) is 54.9 Å². The average molecular weight is 169 g/mol. The molecule has 0 aliphatic rings. The van der Waals surface area contributed by atoms with E-state index in [1.54, 1.807) is 12.4 Å². The molecule has 13 heavy (non-hydrogen) atoms. The van der Waals surface area contributed by atoms with Gasteiger partial charge in [0.15, 0.2) is 0 Å². The number of benzene rings is 1. The Bertz CT molecular complexity index is 319. The molecule has 1 aromatic heterocycles. The number of rotatable bonds is 2. The maximum atomic E-state index is 4.38. The first kappa shape index (κ1) is 7.80. The van der Waals surface area contributed by atoms with Gasteiger partial charge in [-0.05, 0) is 24.3 Å². The van der Waals surface area contributed by atoms with Crippen molar-refractivity contribution >= 4 is 11.4 Å². The Kier molecular flexibility index (Phi) is 2.23. The standard InChI is InChI=1S/C11H9N2/c1-2-5-10(6-3-1)13-11-7-4-8-12-9-11/h1-9H. The SMILES string of the molecule is c1ccc([N]c2cccnc2)cc1. The van der Waals surface area contributed by atoms with Crippen LogP contribution in [-0.2, 0) is 0 Å². The predicted octanol–water partition coefficient (Wildman–Crippen LogP) is 2.65. The van der Waals surface area contributed by atoms with Gasteiger partial charge in [-0.15, -0.1) is 0 Å². The second kappa shape index (κ2) is 3.72. The molecule has 0 fully saturated rings. The lowest BCUT2D eigenvalue weighted by molar-refractivity contribution is 1.15. The van der Waals surface area contributed by atoms with Gasteiger partial charge in [-0.3, -0.25) is 4.98 Å². The van der Waals surface area contributed by atoms with E-state index in [1.807, 2.05) is 42.5 Å². The van der Waals surface area contributed by atoms with Crippen molar-refractivity contribution in [2.75, 3.05) is 0 Å². The highest BCUT2D eigenvalue weighted by atomic mass is 14.9. The molecular formula is C11H9N2. The van der Waals surface area contributed by atoms with Crippen LogP contribution in [0.3, 0.4) is 0 Å². The van der Waals surface area contributed by atoms with Gasteiger partial charge in [-0.2, -0.15) is 0 Å². The molecule has 63 valence electrons. The Labute approximate surface area is 77.3 Å². The van der Waals surface area contributed by atoms with E-state index < -0.39 is 0 Å². The van der Waals surface area contributed by atoms with Crippen molar-refractivity contribution < 1.29 is 0 Å². The molecule has 2 nitrogen and oxygen atoms in total. The van der Waals surface area contributed by atoms with Crippen LogP contribution in [0.1, 0.15) is 0 Å². The van der Waals surface area contributed by atoms with Crippen LogP contribution in [0.25, 0.3) is 0 Å². The predicted molar refractivity (Wildman–Crippen MR) is 52.1 cm³/mol. The fourth-order valence-corrected chi connectivity index (χ4v) is 1.07. The van der Waals surface area contributed by atoms with E-state index in [9.17, 15) is 0 Å². The van der Waals surface area contributed by atoms with Gasteiger partial charge >= 0.3 is 0 Å². The summed E-state index contributed by atoms with van der Waals surface area (Å²) in [4.78, 5) is 3.99. The lowest BCUT2D eigenvalue weighted by Gasteiger charge is -2.00. The van der Waals surface area contributed by atoms with Crippen LogP contribution in [-0.4, -0.2) is 4.98 Å². The minimum atomic E-state index is 0.883. The minimum Gasteiger partial charge on any atom is -0.262 e. The molecule has 0 spiro atoms. The summed E-state index contributed by atoms with van der Waals surface area (Å²) in [5.41, 5.74) is 1.84. The van der Waals surface area contributed by atoms with E-state index in [0.717, 1.165) is 11.4 Å². The molecule has 0 N–H and O–H groups in total. The van der Waals surface area contributed by atoms with Gasteiger partial charge in [0.2, 0.25) is 0 Å². The van der Waals surface area contributed by atoms with Crippen molar-refractivity contribution in [1.29, 1.82) is 0 Å². The van der Waals surface area contributed by atoms with E-state index in [2.05, 4.69) is 10.3 Å². The largest absolute Gasteiger partial charge is 0.262 e. The summed E-state index contributed by atoms with van der Waals surface area (Å²) in [5.74, 6) is 0. The van der Waals surface area contributed by atoms with Crippen LogP contribution in [0, 0.1) is 0 Å². The fraction of sp³-hybridized carbons (Fsp3) is 0. The molecule has 1 heterocycles. The van der Waals surface area contributed by atoms with Gasteiger partial charge < -0.3 is 0 Å². The van der Waals surface area contributed by atoms with Crippen LogP contribution in [0.4, 0.5) is 11.4 Å². The highest BCUT2D eigenvalue weighted by molar-refractivity contribution is 5.46. The average Bonchev–Trinajstić information content (AvgIpc) is 2.21. The number of aromatic nitrogens is 1. The molecule has 0 amide bonds. The van der Waals surface area contributed by atoms with Crippen molar-refractivity contribution in [2.45, 2.75) is 0 Å². The Hall–Kier alpha value is -1.83. The number of hydrogen-bond acceptors (Lipinski definition) is 1.